The lowest BCUT2D eigenvalue weighted by Gasteiger charge is -2.26. The number of nitrogens with one attached hydrogen (secondary N) is 1. The molecule has 0 saturated carbocycles. The number of carbonyl (C=O) groups excluding carboxylic acids is 1. The highest BCUT2D eigenvalue weighted by Crippen LogP contribution is 2.28. The van der Waals surface area contributed by atoms with Gasteiger partial charge in [-0.25, -0.2) is 9.97 Å². The summed E-state index contributed by atoms with van der Waals surface area (Å²) in [4.78, 5) is 27.9. The summed E-state index contributed by atoms with van der Waals surface area (Å²) in [6, 6.07) is 9.52. The number of benzene rings is 1. The second-order valence-corrected chi connectivity index (χ2v) is 7.62. The molecule has 9 nitrogen and oxygen atoms in total. The molecular formula is C23H19N7O2. The molecule has 0 atom stereocenters. The predicted molar refractivity (Wildman–Crippen MR) is 118 cm³/mol. The van der Waals surface area contributed by atoms with Gasteiger partial charge in [0.2, 0.25) is 0 Å². The normalized spacial score (nSPS) is 14.3. The Bertz CT molecular complexity index is 1430. The van der Waals surface area contributed by atoms with Crippen molar-refractivity contribution in [1.29, 1.82) is 0 Å². The maximum Gasteiger partial charge on any atom is 0.254 e. The first-order chi connectivity index (χ1) is 15.8. The summed E-state index contributed by atoms with van der Waals surface area (Å²) in [6.45, 7) is 2.43. The largest absolute Gasteiger partial charge is 0.378 e. The van der Waals surface area contributed by atoms with E-state index in [9.17, 15) is 4.79 Å². The Morgan fingerprint density at radius 3 is 2.66 bits per heavy atom. The maximum atomic E-state index is 12.7. The van der Waals surface area contributed by atoms with Crippen LogP contribution in [0.15, 0.2) is 61.3 Å². The Balaban J connectivity index is 1.36. The van der Waals surface area contributed by atoms with Crippen molar-refractivity contribution in [2.45, 2.75) is 0 Å². The Morgan fingerprint density at radius 2 is 1.81 bits per heavy atom. The first kappa shape index (κ1) is 18.6. The number of nitrogens with zero attached hydrogens (tertiary/aromatic N) is 6. The number of aromatic amines is 1. The topological polar surface area (TPSA) is 101 Å². The summed E-state index contributed by atoms with van der Waals surface area (Å²) < 4.78 is 7.34. The number of ether oxygens (including phenoxy) is 1. The van der Waals surface area contributed by atoms with Gasteiger partial charge in [-0.3, -0.25) is 19.3 Å². The number of aromatic nitrogens is 6. The van der Waals surface area contributed by atoms with Gasteiger partial charge in [0.05, 0.1) is 43.2 Å². The zero-order valence-corrected chi connectivity index (χ0v) is 17.1. The van der Waals surface area contributed by atoms with Gasteiger partial charge in [0, 0.05) is 47.6 Å². The van der Waals surface area contributed by atoms with E-state index in [2.05, 4.69) is 25.1 Å². The summed E-state index contributed by atoms with van der Waals surface area (Å²) in [5, 5.41) is 7.94. The third kappa shape index (κ3) is 3.10. The van der Waals surface area contributed by atoms with Crippen LogP contribution in [0.3, 0.4) is 0 Å². The standard InChI is InChI=1S/C23H19N7O2/c31-23(29-7-9-32-10-8-29)16-3-1-15(2-4-16)19-14-30-20(12-26-21(30)13-25-19)17-5-6-24-22-18(17)11-27-28-22/h1-6,11-14H,7-10H2,(H,24,27,28). The molecule has 1 aliphatic rings. The second kappa shape index (κ2) is 7.54. The van der Waals surface area contributed by atoms with Gasteiger partial charge >= 0.3 is 0 Å². The monoisotopic (exact) mass is 425 g/mol. The number of carbonyl (C=O) groups is 1. The van der Waals surface area contributed by atoms with Crippen molar-refractivity contribution in [3.8, 4) is 22.5 Å². The highest BCUT2D eigenvalue weighted by Gasteiger charge is 2.18. The van der Waals surface area contributed by atoms with Crippen LogP contribution < -0.4 is 0 Å². The molecule has 0 radical (unpaired) electrons. The molecule has 32 heavy (non-hydrogen) atoms. The molecule has 5 heterocycles. The van der Waals surface area contributed by atoms with Crippen LogP contribution in [0.5, 0.6) is 0 Å². The smallest absolute Gasteiger partial charge is 0.254 e. The number of imidazole rings is 1. The number of rotatable bonds is 3. The Kier molecular flexibility index (Phi) is 4.39. The van der Waals surface area contributed by atoms with Gasteiger partial charge < -0.3 is 9.64 Å². The average Bonchev–Trinajstić information content (AvgIpc) is 3.51. The molecule has 0 spiro atoms. The van der Waals surface area contributed by atoms with Crippen molar-refractivity contribution < 1.29 is 9.53 Å². The lowest BCUT2D eigenvalue weighted by molar-refractivity contribution is 0.0303. The van der Waals surface area contributed by atoms with Gasteiger partial charge in [-0.2, -0.15) is 5.10 Å². The summed E-state index contributed by atoms with van der Waals surface area (Å²) >= 11 is 0. The lowest BCUT2D eigenvalue weighted by atomic mass is 10.1. The van der Waals surface area contributed by atoms with Crippen molar-refractivity contribution in [2.24, 2.45) is 0 Å². The van der Waals surface area contributed by atoms with E-state index in [1.165, 1.54) is 0 Å². The predicted octanol–water partition coefficient (Wildman–Crippen LogP) is 2.81. The SMILES string of the molecule is O=C(c1ccc(-c2cn3c(-c4ccnc5[nH]ncc45)cnc3cn2)cc1)N1CCOCC1. The Hall–Kier alpha value is -4.11. The number of amides is 1. The van der Waals surface area contributed by atoms with Crippen molar-refractivity contribution in [3.63, 3.8) is 0 Å². The van der Waals surface area contributed by atoms with E-state index in [-0.39, 0.29) is 5.91 Å². The zero-order chi connectivity index (χ0) is 21.5. The molecule has 5 aromatic rings. The highest BCUT2D eigenvalue weighted by atomic mass is 16.5. The molecular weight excluding hydrogens is 406 g/mol. The average molecular weight is 425 g/mol. The molecule has 0 bridgehead atoms. The van der Waals surface area contributed by atoms with Crippen LogP contribution in [-0.4, -0.2) is 66.7 Å². The lowest BCUT2D eigenvalue weighted by Crippen LogP contribution is -2.40. The molecule has 1 fully saturated rings. The first-order valence-corrected chi connectivity index (χ1v) is 10.4. The summed E-state index contributed by atoms with van der Waals surface area (Å²) in [6.07, 6.45) is 9.06. The van der Waals surface area contributed by atoms with Gasteiger partial charge in [-0.05, 0) is 18.2 Å². The molecule has 4 aromatic heterocycles. The fraction of sp³-hybridized carbons (Fsp3) is 0.174. The summed E-state index contributed by atoms with van der Waals surface area (Å²) in [7, 11) is 0. The summed E-state index contributed by atoms with van der Waals surface area (Å²) in [5.74, 6) is 0.0296. The Morgan fingerprint density at radius 1 is 0.969 bits per heavy atom. The minimum Gasteiger partial charge on any atom is -0.378 e. The fourth-order valence-electron chi connectivity index (χ4n) is 4.04. The van der Waals surface area contributed by atoms with Crippen LogP contribution in [0.1, 0.15) is 10.4 Å². The van der Waals surface area contributed by atoms with Crippen LogP contribution in [0.4, 0.5) is 0 Å². The molecule has 1 aliphatic heterocycles. The number of pyridine rings is 1. The van der Waals surface area contributed by atoms with E-state index in [1.54, 1.807) is 18.6 Å². The van der Waals surface area contributed by atoms with Gasteiger partial charge in [-0.1, -0.05) is 12.1 Å². The minimum absolute atomic E-state index is 0.0296. The number of hydrogen-bond donors (Lipinski definition) is 1. The molecule has 1 N–H and O–H groups in total. The van der Waals surface area contributed by atoms with Crippen molar-refractivity contribution in [3.05, 3.63) is 66.9 Å². The van der Waals surface area contributed by atoms with Gasteiger partial charge in [0.15, 0.2) is 11.3 Å². The number of hydrogen-bond acceptors (Lipinski definition) is 6. The van der Waals surface area contributed by atoms with Gasteiger partial charge in [0.1, 0.15) is 0 Å². The van der Waals surface area contributed by atoms with Crippen LogP contribution in [-0.2, 0) is 4.74 Å². The first-order valence-electron chi connectivity index (χ1n) is 10.4. The zero-order valence-electron chi connectivity index (χ0n) is 17.1. The number of H-pyrrole nitrogens is 1. The van der Waals surface area contributed by atoms with E-state index in [0.717, 1.165) is 39.2 Å². The molecule has 1 amide bonds. The fourth-order valence-corrected chi connectivity index (χ4v) is 4.04. The highest BCUT2D eigenvalue weighted by molar-refractivity contribution is 5.95. The van der Waals surface area contributed by atoms with E-state index >= 15 is 0 Å². The molecule has 6 rings (SSSR count). The molecule has 1 saturated heterocycles. The number of fused-ring (bicyclic) bond motifs is 2. The van der Waals surface area contributed by atoms with Crippen LogP contribution in [0, 0.1) is 0 Å². The molecule has 9 heteroatoms. The van der Waals surface area contributed by atoms with Gasteiger partial charge in [0.25, 0.3) is 5.91 Å². The van der Waals surface area contributed by atoms with Crippen molar-refractivity contribution in [1.82, 2.24) is 34.4 Å². The van der Waals surface area contributed by atoms with Crippen molar-refractivity contribution >= 4 is 22.6 Å². The van der Waals surface area contributed by atoms with Crippen LogP contribution >= 0.6 is 0 Å². The minimum atomic E-state index is 0.0296. The van der Waals surface area contributed by atoms with E-state index in [1.807, 2.05) is 52.0 Å². The molecule has 1 aromatic carbocycles. The van der Waals surface area contributed by atoms with E-state index < -0.39 is 0 Å². The van der Waals surface area contributed by atoms with Crippen LogP contribution in [0.25, 0.3) is 39.2 Å². The molecule has 0 unspecified atom stereocenters. The van der Waals surface area contributed by atoms with Crippen LogP contribution in [0.2, 0.25) is 0 Å². The third-order valence-electron chi connectivity index (χ3n) is 5.75. The van der Waals surface area contributed by atoms with E-state index in [0.29, 0.717) is 31.9 Å². The Labute approximate surface area is 182 Å². The van der Waals surface area contributed by atoms with Gasteiger partial charge in [-0.15, -0.1) is 0 Å². The third-order valence-corrected chi connectivity index (χ3v) is 5.75. The summed E-state index contributed by atoms with van der Waals surface area (Å²) in [5.41, 5.74) is 5.77. The number of morpholine rings is 1. The molecule has 0 aliphatic carbocycles. The molecule has 158 valence electrons. The quantitative estimate of drug-likeness (QED) is 0.477. The van der Waals surface area contributed by atoms with Crippen molar-refractivity contribution in [2.75, 3.05) is 26.3 Å². The maximum absolute atomic E-state index is 12.7. The second-order valence-electron chi connectivity index (χ2n) is 7.62. The van der Waals surface area contributed by atoms with E-state index in [4.69, 9.17) is 4.74 Å².